The molecule has 1 saturated heterocycles. The molecule has 0 amide bonds. The van der Waals surface area contributed by atoms with Gasteiger partial charge in [-0.2, -0.15) is 10.1 Å². The van der Waals surface area contributed by atoms with Gasteiger partial charge in [0, 0.05) is 23.9 Å². The zero-order valence-electron chi connectivity index (χ0n) is 13.5. The number of hydrogen-bond donors (Lipinski definition) is 1. The smallest absolute Gasteiger partial charge is 0.159 e. The Bertz CT molecular complexity index is 497. The van der Waals surface area contributed by atoms with Gasteiger partial charge in [0.05, 0.1) is 0 Å². The van der Waals surface area contributed by atoms with Gasteiger partial charge in [-0.25, -0.2) is 0 Å². The lowest BCUT2D eigenvalue weighted by Crippen LogP contribution is -2.42. The summed E-state index contributed by atoms with van der Waals surface area (Å²) in [6.07, 6.45) is 3.46. The fourth-order valence-electron chi connectivity index (χ4n) is 3.13. The van der Waals surface area contributed by atoms with E-state index < -0.39 is 0 Å². The third kappa shape index (κ3) is 5.65. The third-order valence-corrected chi connectivity index (χ3v) is 7.43. The standard InChI is InChI=1S/C16H25BClN2PS/c1-20-9-7-16(13-3-5-15(18)6-4-13)14(12-20)11-19-8-10-22(2)21-17/h3-6,14,16,19H,7-12H2,1-2H3/t14-,16?,22?/m1/s1. The van der Waals surface area contributed by atoms with Crippen LogP contribution < -0.4 is 5.32 Å². The Kier molecular flexibility index (Phi) is 7.93. The SMILES string of the molecule is [B]P=S(C)CCNC[C@@H]1CN(C)CCC1c1ccc(Cl)cc1. The molecule has 1 N–H and O–H groups in total. The summed E-state index contributed by atoms with van der Waals surface area (Å²) in [5, 5.41) is 4.47. The summed E-state index contributed by atoms with van der Waals surface area (Å²) < 4.78 is 0. The highest BCUT2D eigenvalue weighted by atomic mass is 35.5. The molecule has 120 valence electrons. The summed E-state index contributed by atoms with van der Waals surface area (Å²) in [6.45, 7) is 4.48. The van der Waals surface area contributed by atoms with E-state index in [0.29, 0.717) is 21.9 Å². The Balaban J connectivity index is 1.93. The number of nitrogens with zero attached hydrogens (tertiary/aromatic N) is 1. The number of hydrogen-bond acceptors (Lipinski definition) is 2. The molecule has 0 aliphatic carbocycles. The molecular weight excluding hydrogens is 329 g/mol. The maximum atomic E-state index is 6.03. The molecule has 6 heteroatoms. The van der Waals surface area contributed by atoms with Gasteiger partial charge in [-0.3, -0.25) is 0 Å². The van der Waals surface area contributed by atoms with E-state index in [9.17, 15) is 0 Å². The first-order valence-electron chi connectivity index (χ1n) is 7.78. The summed E-state index contributed by atoms with van der Waals surface area (Å²) in [6, 6.07) is 8.43. The Hall–Kier alpha value is 0.145. The van der Waals surface area contributed by atoms with E-state index in [1.165, 1.54) is 24.3 Å². The molecule has 1 aliphatic heterocycles. The number of likely N-dealkylation sites (tertiary alicyclic amines) is 1. The molecule has 0 bridgehead atoms. The molecule has 1 aliphatic rings. The number of nitrogens with one attached hydrogen (secondary N) is 1. The minimum Gasteiger partial charge on any atom is -0.316 e. The summed E-state index contributed by atoms with van der Waals surface area (Å²) in [5.74, 6) is 2.47. The van der Waals surface area contributed by atoms with Crippen LogP contribution in [0.15, 0.2) is 24.3 Å². The second-order valence-electron chi connectivity index (χ2n) is 6.08. The van der Waals surface area contributed by atoms with Gasteiger partial charge in [-0.15, -0.1) is 7.23 Å². The van der Waals surface area contributed by atoms with Crippen molar-refractivity contribution in [3.8, 4) is 0 Å². The molecule has 2 radical (unpaired) electrons. The van der Waals surface area contributed by atoms with Crippen molar-refractivity contribution in [2.24, 2.45) is 5.92 Å². The van der Waals surface area contributed by atoms with Crippen molar-refractivity contribution in [1.82, 2.24) is 10.2 Å². The van der Waals surface area contributed by atoms with E-state index in [2.05, 4.69) is 35.7 Å². The summed E-state index contributed by atoms with van der Waals surface area (Å²) >= 11 is 6.03. The van der Waals surface area contributed by atoms with Crippen molar-refractivity contribution in [1.29, 1.82) is 0 Å². The summed E-state index contributed by atoms with van der Waals surface area (Å²) in [7, 11) is 9.24. The lowest BCUT2D eigenvalue weighted by Gasteiger charge is -2.37. The average Bonchev–Trinajstić information content (AvgIpc) is 2.52. The highest BCUT2D eigenvalue weighted by Gasteiger charge is 2.28. The maximum absolute atomic E-state index is 6.03. The molecular formula is C16H25BClN2PS. The van der Waals surface area contributed by atoms with Crippen molar-refractivity contribution in [2.45, 2.75) is 12.3 Å². The number of benzene rings is 1. The van der Waals surface area contributed by atoms with Crippen LogP contribution in [0.3, 0.4) is 0 Å². The second kappa shape index (κ2) is 9.44. The molecule has 0 spiro atoms. The summed E-state index contributed by atoms with van der Waals surface area (Å²) in [5.41, 5.74) is 1.43. The number of rotatable bonds is 6. The van der Waals surface area contributed by atoms with Crippen LogP contribution in [0.25, 0.3) is 0 Å². The number of halogens is 1. The quantitative estimate of drug-likeness (QED) is 0.479. The van der Waals surface area contributed by atoms with E-state index in [0.717, 1.165) is 31.9 Å². The Morgan fingerprint density at radius 3 is 2.82 bits per heavy atom. The van der Waals surface area contributed by atoms with Crippen LogP contribution in [0.1, 0.15) is 17.9 Å². The normalized spacial score (nSPS) is 24.5. The summed E-state index contributed by atoms with van der Waals surface area (Å²) in [4.78, 5) is 2.45. The highest BCUT2D eigenvalue weighted by molar-refractivity contribution is 8.26. The minimum atomic E-state index is 0.325. The van der Waals surface area contributed by atoms with Gasteiger partial charge in [0.2, 0.25) is 0 Å². The minimum absolute atomic E-state index is 0.325. The fraction of sp³-hybridized carbons (Fsp3) is 0.625. The third-order valence-electron chi connectivity index (χ3n) is 4.40. The molecule has 1 aromatic carbocycles. The van der Waals surface area contributed by atoms with Crippen LogP contribution in [-0.2, 0) is 10.1 Å². The van der Waals surface area contributed by atoms with Gasteiger partial charge in [0.15, 0.2) is 7.57 Å². The molecule has 0 aromatic heterocycles. The average molecular weight is 355 g/mol. The zero-order valence-corrected chi connectivity index (χ0v) is 15.9. The first-order valence-corrected chi connectivity index (χ1v) is 11.5. The van der Waals surface area contributed by atoms with Crippen molar-refractivity contribution >= 4 is 36.5 Å². The highest BCUT2D eigenvalue weighted by Crippen LogP contribution is 2.32. The second-order valence-corrected chi connectivity index (χ2v) is 10.8. The molecule has 2 unspecified atom stereocenters. The van der Waals surface area contributed by atoms with Crippen LogP contribution in [0.5, 0.6) is 0 Å². The van der Waals surface area contributed by atoms with Gasteiger partial charge in [-0.05, 0) is 62.3 Å². The van der Waals surface area contributed by atoms with E-state index in [4.69, 9.17) is 19.2 Å². The van der Waals surface area contributed by atoms with Gasteiger partial charge >= 0.3 is 0 Å². The first kappa shape index (κ1) is 18.5. The molecule has 2 nitrogen and oxygen atoms in total. The molecule has 1 aromatic rings. The fourth-order valence-corrected chi connectivity index (χ4v) is 4.39. The van der Waals surface area contributed by atoms with E-state index in [1.807, 2.05) is 12.1 Å². The van der Waals surface area contributed by atoms with Crippen molar-refractivity contribution in [3.63, 3.8) is 0 Å². The van der Waals surface area contributed by atoms with Crippen LogP contribution in [0, 0.1) is 5.92 Å². The molecule has 2 rings (SSSR count). The maximum Gasteiger partial charge on any atom is 0.159 e. The lowest BCUT2D eigenvalue weighted by atomic mass is 9.80. The molecule has 22 heavy (non-hydrogen) atoms. The Morgan fingerprint density at radius 1 is 1.41 bits per heavy atom. The Labute approximate surface area is 145 Å². The van der Waals surface area contributed by atoms with E-state index in [-0.39, 0.29) is 0 Å². The van der Waals surface area contributed by atoms with Gasteiger partial charge in [0.1, 0.15) is 0 Å². The topological polar surface area (TPSA) is 15.3 Å². The predicted molar refractivity (Wildman–Crippen MR) is 103 cm³/mol. The van der Waals surface area contributed by atoms with Gasteiger partial charge in [0.25, 0.3) is 0 Å². The van der Waals surface area contributed by atoms with Crippen molar-refractivity contribution in [2.75, 3.05) is 45.2 Å². The first-order chi connectivity index (χ1) is 10.6. The predicted octanol–water partition coefficient (Wildman–Crippen LogP) is 3.16. The van der Waals surface area contributed by atoms with Crippen LogP contribution >= 0.6 is 18.8 Å². The number of piperidine rings is 1. The molecule has 3 atom stereocenters. The largest absolute Gasteiger partial charge is 0.316 e. The monoisotopic (exact) mass is 354 g/mol. The molecule has 1 heterocycles. The molecule has 0 saturated carbocycles. The van der Waals surface area contributed by atoms with E-state index in [1.54, 1.807) is 0 Å². The van der Waals surface area contributed by atoms with Crippen LogP contribution in [-0.4, -0.2) is 57.7 Å². The van der Waals surface area contributed by atoms with Gasteiger partial charge < -0.3 is 10.2 Å². The zero-order chi connectivity index (χ0) is 15.9. The Morgan fingerprint density at radius 2 is 2.14 bits per heavy atom. The lowest BCUT2D eigenvalue weighted by molar-refractivity contribution is 0.181. The van der Waals surface area contributed by atoms with Gasteiger partial charge in [-0.1, -0.05) is 23.7 Å². The molecule has 1 fully saturated rings. The van der Waals surface area contributed by atoms with Crippen LogP contribution in [0.2, 0.25) is 5.02 Å². The van der Waals surface area contributed by atoms with Crippen molar-refractivity contribution in [3.05, 3.63) is 34.9 Å². The van der Waals surface area contributed by atoms with E-state index >= 15 is 0 Å². The van der Waals surface area contributed by atoms with Crippen LogP contribution in [0.4, 0.5) is 0 Å². The van der Waals surface area contributed by atoms with Crippen molar-refractivity contribution < 1.29 is 0 Å².